The number of carbonyl (C=O) groups excluding carboxylic acids is 2. The average molecular weight is 535 g/mol. The minimum absolute atomic E-state index is 0.0180. The molecule has 2 amide bonds. The van der Waals surface area contributed by atoms with E-state index < -0.39 is 28.5 Å². The summed E-state index contributed by atoms with van der Waals surface area (Å²) < 4.78 is 26.0. The predicted molar refractivity (Wildman–Crippen MR) is 133 cm³/mol. The van der Waals surface area contributed by atoms with E-state index in [0.717, 1.165) is 10.6 Å². The molecular formula is C22H26Cl3N3O4S. The molecule has 0 unspecified atom stereocenters. The molecule has 2 aromatic rings. The molecule has 1 N–H and O–H groups in total. The highest BCUT2D eigenvalue weighted by atomic mass is 35.5. The van der Waals surface area contributed by atoms with Gasteiger partial charge in [-0.25, -0.2) is 8.42 Å². The summed E-state index contributed by atoms with van der Waals surface area (Å²) in [5, 5.41) is 3.60. The third-order valence-corrected chi connectivity index (χ3v) is 7.02. The molecule has 2 aromatic carbocycles. The highest BCUT2D eigenvalue weighted by Crippen LogP contribution is 2.29. The van der Waals surface area contributed by atoms with Crippen molar-refractivity contribution in [2.75, 3.05) is 17.1 Å². The second-order valence-electron chi connectivity index (χ2n) is 7.82. The lowest BCUT2D eigenvalue weighted by Gasteiger charge is -2.32. The zero-order valence-electron chi connectivity index (χ0n) is 18.7. The summed E-state index contributed by atoms with van der Waals surface area (Å²) in [5.74, 6) is -0.955. The Kier molecular flexibility index (Phi) is 9.43. The van der Waals surface area contributed by atoms with Crippen LogP contribution < -0.4 is 9.62 Å². The van der Waals surface area contributed by atoms with Gasteiger partial charge in [0.25, 0.3) is 0 Å². The maximum Gasteiger partial charge on any atom is 0.244 e. The van der Waals surface area contributed by atoms with Crippen molar-refractivity contribution in [2.24, 2.45) is 0 Å². The van der Waals surface area contributed by atoms with Crippen LogP contribution in [0.15, 0.2) is 42.5 Å². The summed E-state index contributed by atoms with van der Waals surface area (Å²) in [6.45, 7) is 4.67. The average Bonchev–Trinajstić information content (AvgIpc) is 2.71. The Labute approximate surface area is 209 Å². The summed E-state index contributed by atoms with van der Waals surface area (Å²) in [5.41, 5.74) is 0.800. The first-order chi connectivity index (χ1) is 15.3. The first-order valence-corrected chi connectivity index (χ1v) is 13.1. The van der Waals surface area contributed by atoms with E-state index in [9.17, 15) is 18.0 Å². The fourth-order valence-corrected chi connectivity index (χ4v) is 4.38. The molecule has 0 radical (unpaired) electrons. The van der Waals surface area contributed by atoms with E-state index in [1.807, 2.05) is 0 Å². The van der Waals surface area contributed by atoms with Crippen molar-refractivity contribution in [1.82, 2.24) is 10.2 Å². The highest BCUT2D eigenvalue weighted by molar-refractivity contribution is 7.92. The number of nitrogens with one attached hydrogen (secondary N) is 1. The number of rotatable bonds is 9. The van der Waals surface area contributed by atoms with Crippen molar-refractivity contribution in [2.45, 2.75) is 39.4 Å². The summed E-state index contributed by atoms with van der Waals surface area (Å²) >= 11 is 18.3. The Balaban J connectivity index is 2.43. The molecule has 0 fully saturated rings. The van der Waals surface area contributed by atoms with Crippen LogP contribution in [-0.4, -0.2) is 50.0 Å². The summed E-state index contributed by atoms with van der Waals surface area (Å²) in [6.07, 6.45) is 0.982. The van der Waals surface area contributed by atoms with Crippen molar-refractivity contribution in [3.05, 3.63) is 63.1 Å². The number of benzene rings is 2. The number of anilines is 1. The number of sulfonamides is 1. The predicted octanol–water partition coefficient (Wildman–Crippen LogP) is 4.35. The zero-order valence-corrected chi connectivity index (χ0v) is 21.8. The number of carbonyl (C=O) groups is 2. The molecule has 2 rings (SSSR count). The van der Waals surface area contributed by atoms with Gasteiger partial charge in [-0.1, -0.05) is 53.0 Å². The third kappa shape index (κ3) is 7.50. The van der Waals surface area contributed by atoms with Gasteiger partial charge in [0.2, 0.25) is 21.8 Å². The van der Waals surface area contributed by atoms with Gasteiger partial charge in [-0.2, -0.15) is 0 Å². The smallest absolute Gasteiger partial charge is 0.244 e. The molecular weight excluding hydrogens is 509 g/mol. The quantitative estimate of drug-likeness (QED) is 0.518. The molecule has 0 spiro atoms. The molecule has 0 heterocycles. The molecule has 0 aliphatic rings. The number of hydrogen-bond acceptors (Lipinski definition) is 4. The summed E-state index contributed by atoms with van der Waals surface area (Å²) in [6, 6.07) is 10.2. The van der Waals surface area contributed by atoms with Crippen LogP contribution in [-0.2, 0) is 26.2 Å². The van der Waals surface area contributed by atoms with Crippen LogP contribution in [0.25, 0.3) is 0 Å². The molecule has 33 heavy (non-hydrogen) atoms. The Morgan fingerprint density at radius 1 is 0.970 bits per heavy atom. The van der Waals surface area contributed by atoms with Crippen LogP contribution >= 0.6 is 34.8 Å². The van der Waals surface area contributed by atoms with Gasteiger partial charge in [-0.05, 0) is 50.6 Å². The van der Waals surface area contributed by atoms with E-state index in [-0.39, 0.29) is 34.2 Å². The molecule has 0 aliphatic heterocycles. The highest BCUT2D eigenvalue weighted by Gasteiger charge is 2.30. The molecule has 180 valence electrons. The van der Waals surface area contributed by atoms with Gasteiger partial charge >= 0.3 is 0 Å². The molecule has 0 saturated carbocycles. The fourth-order valence-electron chi connectivity index (χ4n) is 3.05. The van der Waals surface area contributed by atoms with E-state index in [4.69, 9.17) is 34.8 Å². The summed E-state index contributed by atoms with van der Waals surface area (Å²) in [4.78, 5) is 27.4. The van der Waals surface area contributed by atoms with Gasteiger partial charge in [-0.15, -0.1) is 0 Å². The zero-order chi connectivity index (χ0) is 24.9. The maximum atomic E-state index is 13.4. The first kappa shape index (κ1) is 27.2. The van der Waals surface area contributed by atoms with Crippen LogP contribution in [0.3, 0.4) is 0 Å². The van der Waals surface area contributed by atoms with Crippen LogP contribution in [0.5, 0.6) is 0 Å². The summed E-state index contributed by atoms with van der Waals surface area (Å²) in [7, 11) is -3.86. The molecule has 0 saturated heterocycles. The standard InChI is InChI=1S/C22H26Cl3N3O4S/c1-14(2)26-22(30)15(3)27(12-16-7-5-6-8-18(16)23)21(29)13-28(33(4,31)32)17-9-10-19(24)20(25)11-17/h5-11,14-15H,12-13H2,1-4H3,(H,26,30)/t15-/m0/s1. The Morgan fingerprint density at radius 2 is 1.61 bits per heavy atom. The van der Waals surface area contributed by atoms with Crippen molar-refractivity contribution in [3.63, 3.8) is 0 Å². The molecule has 0 aromatic heterocycles. The second-order valence-corrected chi connectivity index (χ2v) is 10.9. The van der Waals surface area contributed by atoms with Gasteiger partial charge in [-0.3, -0.25) is 13.9 Å². The van der Waals surface area contributed by atoms with E-state index in [1.165, 1.54) is 23.1 Å². The van der Waals surface area contributed by atoms with Crippen LogP contribution in [0.1, 0.15) is 26.3 Å². The van der Waals surface area contributed by atoms with Gasteiger partial charge in [0, 0.05) is 17.6 Å². The largest absolute Gasteiger partial charge is 0.352 e. The molecule has 0 bridgehead atoms. The van der Waals surface area contributed by atoms with E-state index in [2.05, 4.69) is 5.32 Å². The van der Waals surface area contributed by atoms with Crippen molar-refractivity contribution < 1.29 is 18.0 Å². The third-order valence-electron chi connectivity index (χ3n) is 4.77. The number of halogens is 3. The Morgan fingerprint density at radius 3 is 2.15 bits per heavy atom. The second kappa shape index (κ2) is 11.4. The molecule has 7 nitrogen and oxygen atoms in total. The van der Waals surface area contributed by atoms with Gasteiger partial charge in [0.05, 0.1) is 22.0 Å². The molecule has 0 aliphatic carbocycles. The SMILES string of the molecule is CC(C)NC(=O)[C@H](C)N(Cc1ccccc1Cl)C(=O)CN(c1ccc(Cl)c(Cl)c1)S(C)(=O)=O. The Hall–Kier alpha value is -2.00. The molecule has 11 heteroatoms. The maximum absolute atomic E-state index is 13.4. The normalized spacial score (nSPS) is 12.4. The monoisotopic (exact) mass is 533 g/mol. The first-order valence-electron chi connectivity index (χ1n) is 10.1. The van der Waals surface area contributed by atoms with Crippen LogP contribution in [0, 0.1) is 0 Å². The minimum atomic E-state index is -3.86. The van der Waals surface area contributed by atoms with Crippen molar-refractivity contribution in [1.29, 1.82) is 0 Å². The van der Waals surface area contributed by atoms with Crippen LogP contribution in [0.2, 0.25) is 15.1 Å². The lowest BCUT2D eigenvalue weighted by molar-refractivity contribution is -0.139. The topological polar surface area (TPSA) is 86.8 Å². The van der Waals surface area contributed by atoms with E-state index in [1.54, 1.807) is 45.0 Å². The van der Waals surface area contributed by atoms with Crippen molar-refractivity contribution >= 4 is 62.3 Å². The number of nitrogens with zero attached hydrogens (tertiary/aromatic N) is 2. The van der Waals surface area contributed by atoms with Crippen molar-refractivity contribution in [3.8, 4) is 0 Å². The number of amides is 2. The Bertz CT molecular complexity index is 1130. The fraction of sp³-hybridized carbons (Fsp3) is 0.364. The van der Waals surface area contributed by atoms with E-state index in [0.29, 0.717) is 10.6 Å². The van der Waals surface area contributed by atoms with Gasteiger partial charge in [0.15, 0.2) is 0 Å². The lowest BCUT2D eigenvalue weighted by Crippen LogP contribution is -2.52. The lowest BCUT2D eigenvalue weighted by atomic mass is 10.1. The number of hydrogen-bond donors (Lipinski definition) is 1. The van der Waals surface area contributed by atoms with Gasteiger partial charge in [0.1, 0.15) is 12.6 Å². The van der Waals surface area contributed by atoms with Gasteiger partial charge < -0.3 is 10.2 Å². The minimum Gasteiger partial charge on any atom is -0.352 e. The van der Waals surface area contributed by atoms with Crippen LogP contribution in [0.4, 0.5) is 5.69 Å². The van der Waals surface area contributed by atoms with E-state index >= 15 is 0 Å². The molecule has 1 atom stereocenters.